The van der Waals surface area contributed by atoms with Gasteiger partial charge in [0.25, 0.3) is 0 Å². The summed E-state index contributed by atoms with van der Waals surface area (Å²) in [6, 6.07) is 1.10. The van der Waals surface area contributed by atoms with Crippen LogP contribution in [0, 0.1) is 11.8 Å². The van der Waals surface area contributed by atoms with Crippen molar-refractivity contribution in [1.29, 1.82) is 0 Å². The quantitative estimate of drug-likeness (QED) is 0.662. The Morgan fingerprint density at radius 2 is 1.85 bits per heavy atom. The minimum absolute atomic E-state index is 0.196. The molecule has 0 saturated carbocycles. The van der Waals surface area contributed by atoms with E-state index in [2.05, 4.69) is 19.2 Å². The van der Waals surface area contributed by atoms with Gasteiger partial charge in [-0.2, -0.15) is 0 Å². The normalized spacial score (nSPS) is 26.9. The Morgan fingerprint density at radius 3 is 2.31 bits per heavy atom. The Kier molecular flexibility index (Phi) is 3.48. The lowest BCUT2D eigenvalue weighted by atomic mass is 10.0. The van der Waals surface area contributed by atoms with E-state index >= 15 is 0 Å². The van der Waals surface area contributed by atoms with E-state index in [4.69, 9.17) is 0 Å². The first-order chi connectivity index (χ1) is 6.00. The molecule has 76 valence electrons. The summed E-state index contributed by atoms with van der Waals surface area (Å²) in [5.74, 6) is 1.32. The van der Waals surface area contributed by atoms with Gasteiger partial charge >= 0.3 is 0 Å². The van der Waals surface area contributed by atoms with Crippen molar-refractivity contribution in [2.24, 2.45) is 11.8 Å². The summed E-state index contributed by atoms with van der Waals surface area (Å²) in [5.41, 5.74) is 0. The fraction of sp³-hybridized carbons (Fsp3) is 0.909. The van der Waals surface area contributed by atoms with Crippen LogP contribution >= 0.6 is 0 Å². The van der Waals surface area contributed by atoms with Crippen molar-refractivity contribution in [3.05, 3.63) is 0 Å². The molecule has 0 spiro atoms. The molecular weight excluding hydrogens is 162 g/mol. The van der Waals surface area contributed by atoms with Crippen molar-refractivity contribution < 1.29 is 4.79 Å². The maximum absolute atomic E-state index is 11.4. The molecule has 13 heavy (non-hydrogen) atoms. The number of rotatable bonds is 5. The van der Waals surface area contributed by atoms with Gasteiger partial charge in [0.1, 0.15) is 5.78 Å². The second-order valence-electron chi connectivity index (χ2n) is 4.83. The third-order valence-corrected chi connectivity index (χ3v) is 2.60. The zero-order valence-electron chi connectivity index (χ0n) is 9.13. The third kappa shape index (κ3) is 3.47. The number of Topliss-reactive ketones (excluding diaryl/α,β-unsaturated/α-hetero) is 1. The van der Waals surface area contributed by atoms with E-state index in [-0.39, 0.29) is 5.92 Å². The third-order valence-electron chi connectivity index (χ3n) is 2.60. The van der Waals surface area contributed by atoms with Crippen molar-refractivity contribution in [1.82, 2.24) is 5.32 Å². The summed E-state index contributed by atoms with van der Waals surface area (Å²) in [5, 5.41) is 3.36. The molecule has 1 fully saturated rings. The molecule has 0 amide bonds. The molecule has 1 aliphatic rings. The van der Waals surface area contributed by atoms with Crippen LogP contribution in [0.15, 0.2) is 0 Å². The van der Waals surface area contributed by atoms with E-state index in [9.17, 15) is 4.79 Å². The van der Waals surface area contributed by atoms with Gasteiger partial charge < -0.3 is 5.32 Å². The largest absolute Gasteiger partial charge is 0.308 e. The van der Waals surface area contributed by atoms with Crippen molar-refractivity contribution in [3.8, 4) is 0 Å². The van der Waals surface area contributed by atoms with Gasteiger partial charge in [0.05, 0.1) is 0 Å². The van der Waals surface area contributed by atoms with Gasteiger partial charge in [0.2, 0.25) is 0 Å². The van der Waals surface area contributed by atoms with Crippen LogP contribution in [-0.4, -0.2) is 17.9 Å². The molecule has 0 aromatic carbocycles. The summed E-state index contributed by atoms with van der Waals surface area (Å²) in [7, 11) is 0. The number of carbonyl (C=O) groups is 1. The molecule has 1 rings (SSSR count). The van der Waals surface area contributed by atoms with E-state index < -0.39 is 0 Å². The molecule has 1 aliphatic heterocycles. The van der Waals surface area contributed by atoms with Gasteiger partial charge in [-0.25, -0.2) is 0 Å². The summed E-state index contributed by atoms with van der Waals surface area (Å²) < 4.78 is 0. The summed E-state index contributed by atoms with van der Waals surface area (Å²) in [6.07, 6.45) is 1.94. The zero-order chi connectivity index (χ0) is 10.0. The number of hydrogen-bond donors (Lipinski definition) is 1. The van der Waals surface area contributed by atoms with Crippen molar-refractivity contribution >= 4 is 5.78 Å². The number of carbonyl (C=O) groups excluding carboxylic acids is 1. The van der Waals surface area contributed by atoms with Gasteiger partial charge in [-0.3, -0.25) is 4.79 Å². The highest BCUT2D eigenvalue weighted by atomic mass is 16.1. The van der Waals surface area contributed by atoms with Crippen LogP contribution in [0.5, 0.6) is 0 Å². The number of ketones is 1. The van der Waals surface area contributed by atoms with Crippen LogP contribution in [0.25, 0.3) is 0 Å². The van der Waals surface area contributed by atoms with Crippen LogP contribution in [0.3, 0.4) is 0 Å². The maximum atomic E-state index is 11.4. The highest BCUT2D eigenvalue weighted by molar-refractivity contribution is 5.81. The van der Waals surface area contributed by atoms with E-state index in [1.54, 1.807) is 0 Å². The van der Waals surface area contributed by atoms with Gasteiger partial charge in [-0.15, -0.1) is 0 Å². The zero-order valence-corrected chi connectivity index (χ0v) is 9.13. The van der Waals surface area contributed by atoms with E-state index in [1.807, 2.05) is 13.8 Å². The van der Waals surface area contributed by atoms with E-state index in [1.165, 1.54) is 6.42 Å². The summed E-state index contributed by atoms with van der Waals surface area (Å²) in [6.45, 7) is 8.40. The molecule has 2 heteroatoms. The van der Waals surface area contributed by atoms with Crippen LogP contribution in [0.1, 0.15) is 40.5 Å². The molecule has 2 nitrogen and oxygen atoms in total. The van der Waals surface area contributed by atoms with Gasteiger partial charge in [0.15, 0.2) is 0 Å². The van der Waals surface area contributed by atoms with Crippen LogP contribution in [-0.2, 0) is 4.79 Å². The second-order valence-corrected chi connectivity index (χ2v) is 4.83. The Bertz CT molecular complexity index is 187. The summed E-state index contributed by atoms with van der Waals surface area (Å²) in [4.78, 5) is 11.4. The molecule has 0 bridgehead atoms. The highest BCUT2D eigenvalue weighted by Crippen LogP contribution is 2.23. The smallest absolute Gasteiger partial charge is 0.137 e. The SMILES string of the molecule is CC(C)CC1NC1CC(=O)C(C)C. The average molecular weight is 183 g/mol. The van der Waals surface area contributed by atoms with E-state index in [0.29, 0.717) is 17.9 Å². The molecular formula is C11H21NO. The molecule has 2 unspecified atom stereocenters. The molecule has 0 aliphatic carbocycles. The van der Waals surface area contributed by atoms with Crippen molar-refractivity contribution in [2.75, 3.05) is 0 Å². The fourth-order valence-corrected chi connectivity index (χ4v) is 1.61. The minimum atomic E-state index is 0.196. The molecule has 1 heterocycles. The Hall–Kier alpha value is -0.370. The molecule has 0 radical (unpaired) electrons. The molecule has 0 aromatic heterocycles. The average Bonchev–Trinajstić information content (AvgIpc) is 2.66. The Balaban J connectivity index is 2.17. The summed E-state index contributed by atoms with van der Waals surface area (Å²) >= 11 is 0. The number of nitrogens with one attached hydrogen (secondary N) is 1. The number of hydrogen-bond acceptors (Lipinski definition) is 2. The molecule has 1 N–H and O–H groups in total. The van der Waals surface area contributed by atoms with Crippen molar-refractivity contribution in [3.63, 3.8) is 0 Å². The van der Waals surface area contributed by atoms with Crippen LogP contribution in [0.4, 0.5) is 0 Å². The lowest BCUT2D eigenvalue weighted by Gasteiger charge is -2.03. The van der Waals surface area contributed by atoms with Crippen LogP contribution in [0.2, 0.25) is 0 Å². The molecule has 2 atom stereocenters. The van der Waals surface area contributed by atoms with Crippen LogP contribution < -0.4 is 5.32 Å². The predicted molar refractivity (Wildman–Crippen MR) is 54.6 cm³/mol. The standard InChI is InChI=1S/C11H21NO/c1-7(2)5-9-10(12-9)6-11(13)8(3)4/h7-10,12H,5-6H2,1-4H3. The Morgan fingerprint density at radius 1 is 1.23 bits per heavy atom. The first-order valence-electron chi connectivity index (χ1n) is 5.29. The second kappa shape index (κ2) is 4.23. The molecule has 0 aromatic rings. The van der Waals surface area contributed by atoms with Gasteiger partial charge in [0, 0.05) is 24.4 Å². The lowest BCUT2D eigenvalue weighted by molar-refractivity contribution is -0.121. The fourth-order valence-electron chi connectivity index (χ4n) is 1.61. The van der Waals surface area contributed by atoms with Crippen molar-refractivity contribution in [2.45, 2.75) is 52.6 Å². The van der Waals surface area contributed by atoms with Gasteiger partial charge in [-0.05, 0) is 12.3 Å². The maximum Gasteiger partial charge on any atom is 0.137 e. The highest BCUT2D eigenvalue weighted by Gasteiger charge is 2.37. The Labute approximate surface area is 81.1 Å². The molecule has 1 saturated heterocycles. The first-order valence-corrected chi connectivity index (χ1v) is 5.29. The first kappa shape index (κ1) is 10.7. The predicted octanol–water partition coefficient (Wildman–Crippen LogP) is 1.99. The lowest BCUT2D eigenvalue weighted by Crippen LogP contribution is -2.12. The topological polar surface area (TPSA) is 39.0 Å². The minimum Gasteiger partial charge on any atom is -0.308 e. The monoisotopic (exact) mass is 183 g/mol. The van der Waals surface area contributed by atoms with Gasteiger partial charge in [-0.1, -0.05) is 27.7 Å². The van der Waals surface area contributed by atoms with E-state index in [0.717, 1.165) is 12.3 Å².